The van der Waals surface area contributed by atoms with Gasteiger partial charge in [0, 0.05) is 40.6 Å². The molecule has 0 aliphatic heterocycles. The van der Waals surface area contributed by atoms with Crippen LogP contribution in [0.2, 0.25) is 0 Å². The Bertz CT molecular complexity index is 729. The lowest BCUT2D eigenvalue weighted by molar-refractivity contribution is 0.612. The largest absolute Gasteiger partial charge is 0.346 e. The van der Waals surface area contributed by atoms with Crippen LogP contribution in [-0.2, 0) is 19.5 Å². The summed E-state index contributed by atoms with van der Waals surface area (Å²) in [6, 6.07) is 11.0. The lowest BCUT2D eigenvalue weighted by Gasteiger charge is -2.09. The fourth-order valence-corrected chi connectivity index (χ4v) is 4.09. The van der Waals surface area contributed by atoms with Gasteiger partial charge in [0.1, 0.15) is 0 Å². The van der Waals surface area contributed by atoms with E-state index >= 15 is 0 Å². The normalized spacial score (nSPS) is 11.3. The van der Waals surface area contributed by atoms with Crippen molar-refractivity contribution in [2.75, 3.05) is 6.54 Å². The van der Waals surface area contributed by atoms with Crippen LogP contribution in [0.1, 0.15) is 17.4 Å². The van der Waals surface area contributed by atoms with Gasteiger partial charge in [0.2, 0.25) is 0 Å². The Labute approximate surface area is 137 Å². The van der Waals surface area contributed by atoms with Crippen molar-refractivity contribution >= 4 is 38.2 Å². The van der Waals surface area contributed by atoms with E-state index in [1.807, 2.05) is 0 Å². The van der Waals surface area contributed by atoms with Crippen LogP contribution in [0.25, 0.3) is 10.9 Å². The summed E-state index contributed by atoms with van der Waals surface area (Å²) in [6.45, 7) is 5.15. The summed E-state index contributed by atoms with van der Waals surface area (Å²) in [5, 5.41) is 7.00. The lowest BCUT2D eigenvalue weighted by Crippen LogP contribution is -2.18. The Morgan fingerprint density at radius 2 is 2.19 bits per heavy atom. The van der Waals surface area contributed by atoms with Crippen LogP contribution in [0.5, 0.6) is 0 Å². The number of nitrogens with one attached hydrogen (secondary N) is 1. The van der Waals surface area contributed by atoms with E-state index in [0.717, 1.165) is 26.1 Å². The number of fused-ring (bicyclic) bond motifs is 1. The summed E-state index contributed by atoms with van der Waals surface area (Å²) >= 11 is 5.28. The van der Waals surface area contributed by atoms with Crippen molar-refractivity contribution in [2.45, 2.75) is 26.4 Å². The van der Waals surface area contributed by atoms with Gasteiger partial charge in [0.25, 0.3) is 0 Å². The average Bonchev–Trinajstić information content (AvgIpc) is 3.10. The van der Waals surface area contributed by atoms with E-state index in [2.05, 4.69) is 74.6 Å². The van der Waals surface area contributed by atoms with Crippen molar-refractivity contribution in [1.29, 1.82) is 0 Å². The highest BCUT2D eigenvalue weighted by atomic mass is 79.9. The molecule has 2 aromatic heterocycles. The zero-order valence-corrected chi connectivity index (χ0v) is 14.5. The first-order valence-electron chi connectivity index (χ1n) is 7.28. The molecule has 4 heteroatoms. The van der Waals surface area contributed by atoms with Gasteiger partial charge < -0.3 is 9.88 Å². The second-order valence-electron chi connectivity index (χ2n) is 5.13. The highest BCUT2D eigenvalue weighted by Crippen LogP contribution is 2.21. The molecule has 3 aromatic rings. The van der Waals surface area contributed by atoms with E-state index in [0.29, 0.717) is 0 Å². The number of benzene rings is 1. The molecule has 0 amide bonds. The monoisotopic (exact) mass is 362 g/mol. The van der Waals surface area contributed by atoms with Crippen LogP contribution in [0.3, 0.4) is 0 Å². The van der Waals surface area contributed by atoms with E-state index in [9.17, 15) is 0 Å². The molecule has 0 saturated heterocycles. The topological polar surface area (TPSA) is 17.0 Å². The van der Waals surface area contributed by atoms with Gasteiger partial charge in [-0.15, -0.1) is 11.3 Å². The number of aromatic nitrogens is 1. The molecule has 0 aliphatic rings. The molecule has 1 aromatic carbocycles. The minimum Gasteiger partial charge on any atom is -0.346 e. The Morgan fingerprint density at radius 1 is 1.29 bits per heavy atom. The lowest BCUT2D eigenvalue weighted by atomic mass is 10.1. The van der Waals surface area contributed by atoms with Crippen LogP contribution in [0, 0.1) is 0 Å². The van der Waals surface area contributed by atoms with Gasteiger partial charge in [-0.05, 0) is 45.4 Å². The quantitative estimate of drug-likeness (QED) is 0.622. The van der Waals surface area contributed by atoms with Crippen molar-refractivity contribution in [3.63, 3.8) is 0 Å². The first kappa shape index (κ1) is 14.8. The molecule has 21 heavy (non-hydrogen) atoms. The van der Waals surface area contributed by atoms with Gasteiger partial charge in [0.05, 0.1) is 5.52 Å². The van der Waals surface area contributed by atoms with Crippen LogP contribution in [0.15, 0.2) is 46.4 Å². The molecular formula is C17H19BrN2S. The molecular weight excluding hydrogens is 344 g/mol. The summed E-state index contributed by atoms with van der Waals surface area (Å²) in [4.78, 5) is 1.37. The van der Waals surface area contributed by atoms with Gasteiger partial charge in [-0.25, -0.2) is 0 Å². The fraction of sp³-hybridized carbons (Fsp3) is 0.294. The second kappa shape index (κ2) is 6.77. The first-order valence-corrected chi connectivity index (χ1v) is 8.95. The molecule has 0 atom stereocenters. The van der Waals surface area contributed by atoms with Gasteiger partial charge in [-0.2, -0.15) is 0 Å². The standard InChI is InChI=1S/C17H19BrN2S/c1-2-13-4-3-5-14-6-8-20(17(13)14)9-7-19-11-16-10-15(18)12-21-16/h3-6,8,10,12,19H,2,7,9,11H2,1H3. The molecule has 110 valence electrons. The Balaban J connectivity index is 1.63. The van der Waals surface area contributed by atoms with Crippen molar-refractivity contribution < 1.29 is 0 Å². The number of hydrogen-bond donors (Lipinski definition) is 1. The molecule has 0 saturated carbocycles. The average molecular weight is 363 g/mol. The van der Waals surface area contributed by atoms with E-state index in [1.54, 1.807) is 11.3 Å². The molecule has 0 spiro atoms. The minimum atomic E-state index is 0.941. The third kappa shape index (κ3) is 3.39. The molecule has 3 rings (SSSR count). The summed E-state index contributed by atoms with van der Waals surface area (Å²) < 4.78 is 3.54. The third-order valence-electron chi connectivity index (χ3n) is 3.70. The molecule has 1 N–H and O–H groups in total. The number of aryl methyl sites for hydroxylation is 1. The summed E-state index contributed by atoms with van der Waals surface area (Å²) in [6.07, 6.45) is 3.28. The van der Waals surface area contributed by atoms with Crippen LogP contribution >= 0.6 is 27.3 Å². The highest BCUT2D eigenvalue weighted by Gasteiger charge is 2.05. The van der Waals surface area contributed by atoms with Gasteiger partial charge in [-0.3, -0.25) is 0 Å². The van der Waals surface area contributed by atoms with Crippen molar-refractivity contribution in [3.8, 4) is 0 Å². The van der Waals surface area contributed by atoms with E-state index < -0.39 is 0 Å². The number of hydrogen-bond acceptors (Lipinski definition) is 2. The molecule has 2 heterocycles. The summed E-state index contributed by atoms with van der Waals surface area (Å²) in [5.41, 5.74) is 2.82. The molecule has 0 aliphatic carbocycles. The number of nitrogens with zero attached hydrogens (tertiary/aromatic N) is 1. The van der Waals surface area contributed by atoms with Crippen molar-refractivity contribution in [2.24, 2.45) is 0 Å². The smallest absolute Gasteiger partial charge is 0.0513 e. The Kier molecular flexibility index (Phi) is 4.78. The summed E-state index contributed by atoms with van der Waals surface area (Å²) in [5.74, 6) is 0. The molecule has 0 radical (unpaired) electrons. The second-order valence-corrected chi connectivity index (χ2v) is 7.04. The SMILES string of the molecule is CCc1cccc2ccn(CCNCc3cc(Br)cs3)c12. The van der Waals surface area contributed by atoms with E-state index in [-0.39, 0.29) is 0 Å². The Hall–Kier alpha value is -1.10. The predicted octanol–water partition coefficient (Wildman–Crippen LogP) is 4.82. The van der Waals surface area contributed by atoms with Gasteiger partial charge >= 0.3 is 0 Å². The van der Waals surface area contributed by atoms with E-state index in [1.165, 1.54) is 25.8 Å². The minimum absolute atomic E-state index is 0.941. The van der Waals surface area contributed by atoms with Gasteiger partial charge in [0.15, 0.2) is 0 Å². The maximum absolute atomic E-state index is 3.52. The summed E-state index contributed by atoms with van der Waals surface area (Å²) in [7, 11) is 0. The van der Waals surface area contributed by atoms with Crippen LogP contribution < -0.4 is 5.32 Å². The zero-order valence-electron chi connectivity index (χ0n) is 12.1. The maximum atomic E-state index is 3.52. The number of para-hydroxylation sites is 1. The van der Waals surface area contributed by atoms with Gasteiger partial charge in [-0.1, -0.05) is 25.1 Å². The fourth-order valence-electron chi connectivity index (χ4n) is 2.67. The van der Waals surface area contributed by atoms with E-state index in [4.69, 9.17) is 0 Å². The zero-order chi connectivity index (χ0) is 14.7. The molecule has 0 bridgehead atoms. The van der Waals surface area contributed by atoms with Crippen LogP contribution in [-0.4, -0.2) is 11.1 Å². The third-order valence-corrected chi connectivity index (χ3v) is 5.40. The molecule has 2 nitrogen and oxygen atoms in total. The maximum Gasteiger partial charge on any atom is 0.0513 e. The number of thiophene rings is 1. The Morgan fingerprint density at radius 3 is 2.95 bits per heavy atom. The first-order chi connectivity index (χ1) is 10.3. The van der Waals surface area contributed by atoms with Crippen LogP contribution in [0.4, 0.5) is 0 Å². The predicted molar refractivity (Wildman–Crippen MR) is 95.0 cm³/mol. The highest BCUT2D eigenvalue weighted by molar-refractivity contribution is 9.10. The number of rotatable bonds is 6. The van der Waals surface area contributed by atoms with Crippen molar-refractivity contribution in [1.82, 2.24) is 9.88 Å². The molecule has 0 unspecified atom stereocenters. The number of halogens is 1. The van der Waals surface area contributed by atoms with Crippen molar-refractivity contribution in [3.05, 3.63) is 56.8 Å². The molecule has 0 fully saturated rings.